The Labute approximate surface area is 185 Å². The van der Waals surface area contributed by atoms with Crippen LogP contribution in [-0.4, -0.2) is 46.4 Å². The first-order chi connectivity index (χ1) is 15.0. The summed E-state index contributed by atoms with van der Waals surface area (Å²) >= 11 is 0. The summed E-state index contributed by atoms with van der Waals surface area (Å²) in [5.41, 5.74) is 2.94. The summed E-state index contributed by atoms with van der Waals surface area (Å²) in [4.78, 5) is 33.7. The Morgan fingerprint density at radius 3 is 2.55 bits per heavy atom. The zero-order chi connectivity index (χ0) is 21.5. The van der Waals surface area contributed by atoms with Crippen LogP contribution in [0.2, 0.25) is 0 Å². The molecule has 6 nitrogen and oxygen atoms in total. The van der Waals surface area contributed by atoms with E-state index in [0.29, 0.717) is 30.3 Å². The fourth-order valence-electron chi connectivity index (χ4n) is 6.28. The molecule has 5 rings (SSSR count). The maximum absolute atomic E-state index is 12.9. The summed E-state index contributed by atoms with van der Waals surface area (Å²) in [6, 6.07) is 2.04. The van der Waals surface area contributed by atoms with Crippen molar-refractivity contribution in [1.82, 2.24) is 20.1 Å². The molecular weight excluding hydrogens is 388 g/mol. The van der Waals surface area contributed by atoms with Crippen molar-refractivity contribution >= 4 is 11.9 Å². The number of hydrogen-bond acceptors (Lipinski definition) is 3. The van der Waals surface area contributed by atoms with Crippen LogP contribution in [0, 0.1) is 16.7 Å². The first-order valence-corrected chi connectivity index (χ1v) is 12.2. The van der Waals surface area contributed by atoms with Gasteiger partial charge in [0.25, 0.3) is 0 Å². The summed E-state index contributed by atoms with van der Waals surface area (Å²) in [5, 5.41) is 3.17. The first kappa shape index (κ1) is 20.8. The van der Waals surface area contributed by atoms with Crippen molar-refractivity contribution in [1.29, 1.82) is 0 Å². The second kappa shape index (κ2) is 8.10. The maximum atomic E-state index is 12.9. The van der Waals surface area contributed by atoms with Gasteiger partial charge in [-0.25, -0.2) is 4.79 Å². The van der Waals surface area contributed by atoms with E-state index >= 15 is 0 Å². The molecule has 1 aromatic heterocycles. The minimum Gasteiger partial charge on any atom is -0.343 e. The van der Waals surface area contributed by atoms with E-state index in [1.54, 1.807) is 6.20 Å². The highest BCUT2D eigenvalue weighted by atomic mass is 16.2. The Hall–Kier alpha value is -2.11. The number of pyridine rings is 1. The lowest BCUT2D eigenvalue weighted by Crippen LogP contribution is -2.42. The van der Waals surface area contributed by atoms with Gasteiger partial charge in [-0.3, -0.25) is 9.78 Å². The molecule has 2 aliphatic heterocycles. The van der Waals surface area contributed by atoms with Crippen LogP contribution in [0.25, 0.3) is 0 Å². The van der Waals surface area contributed by atoms with Gasteiger partial charge in [0, 0.05) is 51.5 Å². The summed E-state index contributed by atoms with van der Waals surface area (Å²) in [6.45, 7) is 6.19. The van der Waals surface area contributed by atoms with Crippen molar-refractivity contribution in [3.63, 3.8) is 0 Å². The summed E-state index contributed by atoms with van der Waals surface area (Å²) in [5.74, 6) is 0.934. The number of carbonyl (C=O) groups is 2. The Morgan fingerprint density at radius 2 is 1.81 bits per heavy atom. The molecule has 1 spiro atoms. The predicted molar refractivity (Wildman–Crippen MR) is 119 cm³/mol. The summed E-state index contributed by atoms with van der Waals surface area (Å²) in [6.07, 6.45) is 14.1. The molecule has 1 N–H and O–H groups in total. The van der Waals surface area contributed by atoms with Gasteiger partial charge in [-0.2, -0.15) is 0 Å². The number of urea groups is 1. The van der Waals surface area contributed by atoms with Crippen molar-refractivity contribution in [2.24, 2.45) is 16.7 Å². The van der Waals surface area contributed by atoms with E-state index in [0.717, 1.165) is 44.5 Å². The number of hydrogen-bond donors (Lipinski definition) is 1. The van der Waals surface area contributed by atoms with E-state index in [1.807, 2.05) is 17.2 Å². The fraction of sp³-hybridized carbons (Fsp3) is 0.720. The first-order valence-electron chi connectivity index (χ1n) is 12.2. The molecule has 0 aromatic carbocycles. The standard InChI is InChI=1S/C25H36N4O2/c1-24(6-3-2-4-7-24)14-22(30)28-11-8-25(9-12-28)13-21(25)16-27-23(31)29-17-19-5-10-26-15-20(19)18-29/h5,10,15,21H,2-4,6-9,11-14,16-18H2,1H3,(H,27,31). The fourth-order valence-corrected chi connectivity index (χ4v) is 6.28. The second-order valence-corrected chi connectivity index (χ2v) is 10.9. The number of fused-ring (bicyclic) bond motifs is 1. The van der Waals surface area contributed by atoms with Crippen LogP contribution < -0.4 is 5.32 Å². The van der Waals surface area contributed by atoms with Gasteiger partial charge in [-0.05, 0) is 66.0 Å². The van der Waals surface area contributed by atoms with E-state index in [4.69, 9.17) is 0 Å². The topological polar surface area (TPSA) is 65.5 Å². The lowest BCUT2D eigenvalue weighted by atomic mass is 9.73. The van der Waals surface area contributed by atoms with Crippen molar-refractivity contribution < 1.29 is 9.59 Å². The molecular formula is C25H36N4O2. The van der Waals surface area contributed by atoms with Crippen molar-refractivity contribution in [2.75, 3.05) is 19.6 Å². The zero-order valence-electron chi connectivity index (χ0n) is 18.9. The van der Waals surface area contributed by atoms with Crippen molar-refractivity contribution in [3.05, 3.63) is 29.6 Å². The number of carbonyl (C=O) groups excluding carboxylic acids is 2. The third kappa shape index (κ3) is 4.31. The molecule has 168 valence electrons. The molecule has 6 heteroatoms. The maximum Gasteiger partial charge on any atom is 0.318 e. The van der Waals surface area contributed by atoms with Crippen LogP contribution in [0.3, 0.4) is 0 Å². The van der Waals surface area contributed by atoms with Crippen molar-refractivity contribution in [2.45, 2.75) is 77.8 Å². The molecule has 1 atom stereocenters. The minimum absolute atomic E-state index is 0.0339. The van der Waals surface area contributed by atoms with Gasteiger partial charge in [0.15, 0.2) is 0 Å². The molecule has 0 bridgehead atoms. The number of amides is 3. The van der Waals surface area contributed by atoms with Crippen LogP contribution in [0.15, 0.2) is 18.5 Å². The molecule has 1 aromatic rings. The highest BCUT2D eigenvalue weighted by Gasteiger charge is 2.55. The van der Waals surface area contributed by atoms with Crippen LogP contribution >= 0.6 is 0 Å². The van der Waals surface area contributed by atoms with E-state index in [2.05, 4.69) is 22.1 Å². The lowest BCUT2D eigenvalue weighted by molar-refractivity contribution is -0.135. The van der Waals surface area contributed by atoms with E-state index in [9.17, 15) is 9.59 Å². The number of likely N-dealkylation sites (tertiary alicyclic amines) is 1. The minimum atomic E-state index is 0.0339. The predicted octanol–water partition coefficient (Wildman–Crippen LogP) is 4.10. The average Bonchev–Trinajstić information content (AvgIpc) is 3.24. The zero-order valence-corrected chi connectivity index (χ0v) is 18.9. The van der Waals surface area contributed by atoms with Crippen molar-refractivity contribution in [3.8, 4) is 0 Å². The van der Waals surface area contributed by atoms with Gasteiger partial charge in [0.2, 0.25) is 5.91 Å². The smallest absolute Gasteiger partial charge is 0.318 e. The Kier molecular flexibility index (Phi) is 5.43. The normalized spacial score (nSPS) is 25.9. The van der Waals surface area contributed by atoms with Gasteiger partial charge in [0.1, 0.15) is 0 Å². The van der Waals surface area contributed by atoms with E-state index < -0.39 is 0 Å². The lowest BCUT2D eigenvalue weighted by Gasteiger charge is -2.38. The van der Waals surface area contributed by atoms with Gasteiger partial charge in [0.05, 0.1) is 0 Å². The average molecular weight is 425 g/mol. The molecule has 31 heavy (non-hydrogen) atoms. The van der Waals surface area contributed by atoms with Gasteiger partial charge < -0.3 is 15.1 Å². The number of nitrogens with one attached hydrogen (secondary N) is 1. The molecule has 2 aliphatic carbocycles. The molecule has 1 unspecified atom stereocenters. The van der Waals surface area contributed by atoms with Crippen LogP contribution in [0.1, 0.15) is 75.8 Å². The SMILES string of the molecule is CC1(CC(=O)N2CCC3(CC2)CC3CNC(=O)N2Cc3ccncc3C2)CCCCC1. The number of piperidine rings is 1. The highest BCUT2D eigenvalue weighted by Crippen LogP contribution is 2.59. The molecule has 3 amide bonds. The largest absolute Gasteiger partial charge is 0.343 e. The number of rotatable bonds is 4. The van der Waals surface area contributed by atoms with Gasteiger partial charge >= 0.3 is 6.03 Å². The monoisotopic (exact) mass is 424 g/mol. The molecule has 3 fully saturated rings. The second-order valence-electron chi connectivity index (χ2n) is 10.9. The Balaban J connectivity index is 1.05. The molecule has 0 radical (unpaired) electrons. The summed E-state index contributed by atoms with van der Waals surface area (Å²) < 4.78 is 0. The molecule has 3 heterocycles. The Bertz CT molecular complexity index is 815. The number of nitrogens with zero attached hydrogens (tertiary/aromatic N) is 3. The third-order valence-electron chi connectivity index (χ3n) is 8.62. The van der Waals surface area contributed by atoms with Crippen LogP contribution in [-0.2, 0) is 17.9 Å². The third-order valence-corrected chi connectivity index (χ3v) is 8.62. The number of aromatic nitrogens is 1. The molecule has 4 aliphatic rings. The van der Waals surface area contributed by atoms with Gasteiger partial charge in [-0.1, -0.05) is 26.2 Å². The van der Waals surface area contributed by atoms with Crippen LogP contribution in [0.4, 0.5) is 4.79 Å². The van der Waals surface area contributed by atoms with Crippen LogP contribution in [0.5, 0.6) is 0 Å². The molecule has 1 saturated heterocycles. The highest BCUT2D eigenvalue weighted by molar-refractivity contribution is 5.77. The summed E-state index contributed by atoms with van der Waals surface area (Å²) in [7, 11) is 0. The Morgan fingerprint density at radius 1 is 1.06 bits per heavy atom. The molecule has 2 saturated carbocycles. The van der Waals surface area contributed by atoms with E-state index in [-0.39, 0.29) is 11.4 Å². The van der Waals surface area contributed by atoms with Gasteiger partial charge in [-0.15, -0.1) is 0 Å². The van der Waals surface area contributed by atoms with E-state index in [1.165, 1.54) is 44.1 Å². The quantitative estimate of drug-likeness (QED) is 0.791.